The summed E-state index contributed by atoms with van der Waals surface area (Å²) in [5.74, 6) is 0.810. The van der Waals surface area contributed by atoms with Crippen LogP contribution >= 0.6 is 11.3 Å². The Bertz CT molecular complexity index is 598. The van der Waals surface area contributed by atoms with Gasteiger partial charge in [-0.25, -0.2) is 0 Å². The van der Waals surface area contributed by atoms with E-state index in [2.05, 4.69) is 30.3 Å². The summed E-state index contributed by atoms with van der Waals surface area (Å²) in [5.41, 5.74) is 10.8. The van der Waals surface area contributed by atoms with Crippen molar-refractivity contribution in [3.05, 3.63) is 56.8 Å². The maximum Gasteiger partial charge on any atom is 0.0646 e. The molecule has 0 radical (unpaired) electrons. The average molecular weight is 297 g/mol. The molecule has 2 heteroatoms. The normalized spacial score (nSPS) is 19.9. The summed E-state index contributed by atoms with van der Waals surface area (Å²) in [4.78, 5) is 2.93. The van der Waals surface area contributed by atoms with Gasteiger partial charge in [-0.05, 0) is 67.2 Å². The zero-order valence-corrected chi connectivity index (χ0v) is 13.3. The van der Waals surface area contributed by atoms with E-state index in [1.54, 1.807) is 10.4 Å². The molecule has 2 aromatic rings. The number of hydrogen-bond donors (Lipinski definition) is 1. The number of benzene rings is 1. The minimum atomic E-state index is 0.0519. The Morgan fingerprint density at radius 1 is 1.00 bits per heavy atom. The van der Waals surface area contributed by atoms with Gasteiger partial charge in [-0.1, -0.05) is 30.7 Å². The lowest BCUT2D eigenvalue weighted by Gasteiger charge is -2.26. The van der Waals surface area contributed by atoms with Crippen LogP contribution in [0.25, 0.3) is 0 Å². The number of aryl methyl sites for hydroxylation is 2. The van der Waals surface area contributed by atoms with Gasteiger partial charge in [-0.3, -0.25) is 0 Å². The van der Waals surface area contributed by atoms with Crippen molar-refractivity contribution in [3.8, 4) is 0 Å². The van der Waals surface area contributed by atoms with Crippen LogP contribution in [0, 0.1) is 0 Å². The molecule has 2 aliphatic carbocycles. The Kier molecular flexibility index (Phi) is 3.60. The summed E-state index contributed by atoms with van der Waals surface area (Å²) in [6.07, 6.45) is 9.32. The zero-order chi connectivity index (χ0) is 14.2. The highest BCUT2D eigenvalue weighted by atomic mass is 32.1. The van der Waals surface area contributed by atoms with Crippen molar-refractivity contribution >= 4 is 11.3 Å². The Balaban J connectivity index is 1.55. The number of hydrogen-bond acceptors (Lipinski definition) is 2. The number of nitrogens with two attached hydrogens (primary N) is 1. The van der Waals surface area contributed by atoms with Crippen molar-refractivity contribution in [2.45, 2.75) is 56.9 Å². The second kappa shape index (κ2) is 5.58. The highest BCUT2D eigenvalue weighted by molar-refractivity contribution is 7.12. The van der Waals surface area contributed by atoms with Crippen LogP contribution in [-0.4, -0.2) is 0 Å². The van der Waals surface area contributed by atoms with Crippen molar-refractivity contribution in [2.24, 2.45) is 5.73 Å². The van der Waals surface area contributed by atoms with Crippen molar-refractivity contribution in [1.29, 1.82) is 0 Å². The fraction of sp³-hybridized carbons (Fsp3) is 0.474. The predicted molar refractivity (Wildman–Crippen MR) is 90.0 cm³/mol. The summed E-state index contributed by atoms with van der Waals surface area (Å²) in [6, 6.07) is 11.5. The third-order valence-electron chi connectivity index (χ3n) is 5.19. The zero-order valence-electron chi connectivity index (χ0n) is 12.5. The third kappa shape index (κ3) is 2.56. The molecule has 1 nitrogen and oxygen atoms in total. The van der Waals surface area contributed by atoms with Crippen LogP contribution in [0.4, 0.5) is 0 Å². The Morgan fingerprint density at radius 3 is 2.43 bits per heavy atom. The largest absolute Gasteiger partial charge is 0.320 e. The second-order valence-corrected chi connectivity index (χ2v) is 7.74. The molecule has 0 saturated heterocycles. The van der Waals surface area contributed by atoms with E-state index in [-0.39, 0.29) is 6.04 Å². The lowest BCUT2D eigenvalue weighted by molar-refractivity contribution is 0.419. The van der Waals surface area contributed by atoms with Crippen LogP contribution in [0.3, 0.4) is 0 Å². The molecule has 1 fully saturated rings. The Hall–Kier alpha value is -1.12. The molecular weight excluding hydrogens is 274 g/mol. The maximum atomic E-state index is 6.51. The number of fused-ring (bicyclic) bond motifs is 1. The molecule has 1 aromatic carbocycles. The van der Waals surface area contributed by atoms with Gasteiger partial charge in [0, 0.05) is 9.75 Å². The van der Waals surface area contributed by atoms with Crippen molar-refractivity contribution < 1.29 is 0 Å². The van der Waals surface area contributed by atoms with Crippen LogP contribution in [0.15, 0.2) is 30.3 Å². The summed E-state index contributed by atoms with van der Waals surface area (Å²) < 4.78 is 0. The van der Waals surface area contributed by atoms with E-state index in [9.17, 15) is 0 Å². The highest BCUT2D eigenvalue weighted by Gasteiger charge is 2.21. The fourth-order valence-electron chi connectivity index (χ4n) is 3.55. The molecule has 1 atom stereocenters. The van der Waals surface area contributed by atoms with Gasteiger partial charge < -0.3 is 5.73 Å². The van der Waals surface area contributed by atoms with Crippen molar-refractivity contribution in [3.63, 3.8) is 0 Å². The van der Waals surface area contributed by atoms with Gasteiger partial charge >= 0.3 is 0 Å². The summed E-state index contributed by atoms with van der Waals surface area (Å²) >= 11 is 1.94. The molecule has 1 heterocycles. The van der Waals surface area contributed by atoms with E-state index in [1.165, 1.54) is 60.9 Å². The highest BCUT2D eigenvalue weighted by Crippen LogP contribution is 2.38. The van der Waals surface area contributed by atoms with E-state index < -0.39 is 0 Å². The van der Waals surface area contributed by atoms with Gasteiger partial charge in [0.2, 0.25) is 0 Å². The lowest BCUT2D eigenvalue weighted by Crippen LogP contribution is -2.12. The topological polar surface area (TPSA) is 26.0 Å². The molecular formula is C19H23NS. The van der Waals surface area contributed by atoms with Gasteiger partial charge in [-0.2, -0.15) is 0 Å². The van der Waals surface area contributed by atoms with Gasteiger partial charge in [0.05, 0.1) is 6.04 Å². The summed E-state index contributed by atoms with van der Waals surface area (Å²) in [6.45, 7) is 0. The third-order valence-corrected chi connectivity index (χ3v) is 6.51. The minimum absolute atomic E-state index is 0.0519. The molecule has 1 saturated carbocycles. The molecule has 2 N–H and O–H groups in total. The number of rotatable bonds is 3. The summed E-state index contributed by atoms with van der Waals surface area (Å²) in [5, 5.41) is 0. The van der Waals surface area contributed by atoms with E-state index in [0.717, 1.165) is 5.92 Å². The standard InChI is InChI=1S/C19H23NS/c20-19(18-12-16-4-1-2-7-17(16)21-18)15-10-8-14(9-11-15)13-5-3-6-13/h8-13,19H,1-7,20H2. The van der Waals surface area contributed by atoms with Crippen LogP contribution < -0.4 is 5.73 Å². The Morgan fingerprint density at radius 2 is 1.76 bits per heavy atom. The van der Waals surface area contributed by atoms with E-state index >= 15 is 0 Å². The molecule has 1 aromatic heterocycles. The van der Waals surface area contributed by atoms with E-state index in [4.69, 9.17) is 5.73 Å². The van der Waals surface area contributed by atoms with Crippen LogP contribution in [0.2, 0.25) is 0 Å². The molecule has 2 aliphatic rings. The first kappa shape index (κ1) is 13.5. The molecule has 21 heavy (non-hydrogen) atoms. The fourth-order valence-corrected chi connectivity index (χ4v) is 4.84. The lowest BCUT2D eigenvalue weighted by atomic mass is 9.80. The predicted octanol–water partition coefficient (Wildman–Crippen LogP) is 4.94. The van der Waals surface area contributed by atoms with Crippen LogP contribution in [-0.2, 0) is 12.8 Å². The summed E-state index contributed by atoms with van der Waals surface area (Å²) in [7, 11) is 0. The Labute approximate surface area is 131 Å². The van der Waals surface area contributed by atoms with Gasteiger partial charge in [0.1, 0.15) is 0 Å². The van der Waals surface area contributed by atoms with Crippen molar-refractivity contribution in [1.82, 2.24) is 0 Å². The van der Waals surface area contributed by atoms with E-state index in [1.807, 2.05) is 11.3 Å². The first-order chi connectivity index (χ1) is 10.3. The molecule has 0 aliphatic heterocycles. The minimum Gasteiger partial charge on any atom is -0.320 e. The first-order valence-corrected chi connectivity index (χ1v) is 9.10. The molecule has 0 spiro atoms. The van der Waals surface area contributed by atoms with Crippen LogP contribution in [0.1, 0.15) is 70.5 Å². The van der Waals surface area contributed by atoms with Gasteiger partial charge in [0.15, 0.2) is 0 Å². The molecule has 0 amide bonds. The molecule has 110 valence electrons. The van der Waals surface area contributed by atoms with Crippen LogP contribution in [0.5, 0.6) is 0 Å². The van der Waals surface area contributed by atoms with Crippen molar-refractivity contribution in [2.75, 3.05) is 0 Å². The SMILES string of the molecule is NC(c1ccc(C2CCC2)cc1)c1cc2c(s1)CCCC2. The second-order valence-electron chi connectivity index (χ2n) is 6.58. The number of thiophene rings is 1. The maximum absolute atomic E-state index is 6.51. The smallest absolute Gasteiger partial charge is 0.0646 e. The molecule has 4 rings (SSSR count). The van der Waals surface area contributed by atoms with Gasteiger partial charge in [-0.15, -0.1) is 11.3 Å². The average Bonchev–Trinajstić information content (AvgIpc) is 2.89. The quantitative estimate of drug-likeness (QED) is 0.853. The molecule has 0 bridgehead atoms. The first-order valence-electron chi connectivity index (χ1n) is 8.28. The molecule has 1 unspecified atom stereocenters. The van der Waals surface area contributed by atoms with Gasteiger partial charge in [0.25, 0.3) is 0 Å². The van der Waals surface area contributed by atoms with E-state index in [0.29, 0.717) is 0 Å². The monoisotopic (exact) mass is 297 g/mol.